The van der Waals surface area contributed by atoms with Gasteiger partial charge in [-0.25, -0.2) is 0 Å². The van der Waals surface area contributed by atoms with Gasteiger partial charge in [-0.3, -0.25) is 0 Å². The van der Waals surface area contributed by atoms with Gasteiger partial charge in [0, 0.05) is 39.5 Å². The normalized spacial score (nSPS) is 30.0. The van der Waals surface area contributed by atoms with Gasteiger partial charge in [0.2, 0.25) is 0 Å². The molecule has 0 heterocycles. The van der Waals surface area contributed by atoms with Crippen LogP contribution < -0.4 is 5.32 Å². The van der Waals surface area contributed by atoms with Gasteiger partial charge in [0.25, 0.3) is 0 Å². The van der Waals surface area contributed by atoms with E-state index in [-0.39, 0.29) is 24.9 Å². The van der Waals surface area contributed by atoms with Crippen LogP contribution in [0.25, 0.3) is 0 Å². The Morgan fingerprint density at radius 3 is 2.71 bits per heavy atom. The summed E-state index contributed by atoms with van der Waals surface area (Å²) >= 11 is 0. The molecule has 4 unspecified atom stereocenters. The number of hydrogen-bond acceptors (Lipinski definition) is 5. The molecule has 0 amide bonds. The first kappa shape index (κ1) is 14.9. The second kappa shape index (κ2) is 8.00. The lowest BCUT2D eigenvalue weighted by Crippen LogP contribution is -2.62. The topological polar surface area (TPSA) is 60.0 Å². The number of aliphatic hydroxyl groups excluding tert-OH is 1. The molecule has 0 aromatic carbocycles. The van der Waals surface area contributed by atoms with Crippen molar-refractivity contribution in [2.75, 3.05) is 34.0 Å². The lowest BCUT2D eigenvalue weighted by molar-refractivity contribution is -0.134. The first-order valence-electron chi connectivity index (χ1n) is 6.27. The van der Waals surface area contributed by atoms with E-state index >= 15 is 0 Å². The number of ether oxygens (including phenoxy) is 3. The zero-order valence-electron chi connectivity index (χ0n) is 11.0. The van der Waals surface area contributed by atoms with E-state index in [0.29, 0.717) is 19.1 Å². The van der Waals surface area contributed by atoms with Gasteiger partial charge in [-0.1, -0.05) is 0 Å². The summed E-state index contributed by atoms with van der Waals surface area (Å²) < 4.78 is 16.1. The maximum Gasteiger partial charge on any atom is 0.0986 e. The van der Waals surface area contributed by atoms with E-state index in [0.717, 1.165) is 13.0 Å². The molecule has 0 spiro atoms. The van der Waals surface area contributed by atoms with Crippen LogP contribution in [0.3, 0.4) is 0 Å². The lowest BCUT2D eigenvalue weighted by atomic mass is 9.84. The molecule has 1 aliphatic carbocycles. The zero-order chi connectivity index (χ0) is 12.7. The van der Waals surface area contributed by atoms with E-state index < -0.39 is 0 Å². The van der Waals surface area contributed by atoms with E-state index in [2.05, 4.69) is 5.32 Å². The van der Waals surface area contributed by atoms with Crippen LogP contribution in [0.4, 0.5) is 0 Å². The van der Waals surface area contributed by atoms with Crippen LogP contribution in [0.5, 0.6) is 0 Å². The average Bonchev–Trinajstić information content (AvgIpc) is 2.28. The number of aliphatic hydroxyl groups is 1. The van der Waals surface area contributed by atoms with E-state index in [1.165, 1.54) is 0 Å². The van der Waals surface area contributed by atoms with Gasteiger partial charge < -0.3 is 24.6 Å². The molecule has 0 aromatic heterocycles. The quantitative estimate of drug-likeness (QED) is 0.608. The first-order valence-corrected chi connectivity index (χ1v) is 6.27. The Morgan fingerprint density at radius 2 is 2.18 bits per heavy atom. The molecule has 0 aromatic rings. The third-order valence-electron chi connectivity index (χ3n) is 3.20. The zero-order valence-corrected chi connectivity index (χ0v) is 11.0. The molecule has 0 saturated heterocycles. The van der Waals surface area contributed by atoms with Crippen LogP contribution in [0.1, 0.15) is 19.8 Å². The van der Waals surface area contributed by atoms with Crippen LogP contribution in [0.15, 0.2) is 0 Å². The minimum atomic E-state index is 0.105. The van der Waals surface area contributed by atoms with Gasteiger partial charge in [-0.2, -0.15) is 0 Å². The highest BCUT2D eigenvalue weighted by molar-refractivity contribution is 4.98. The molecule has 0 bridgehead atoms. The molecule has 0 aliphatic heterocycles. The number of rotatable bonds is 9. The van der Waals surface area contributed by atoms with E-state index in [1.807, 2.05) is 6.92 Å². The molecule has 5 heteroatoms. The first-order chi connectivity index (χ1) is 8.26. The fraction of sp³-hybridized carbons (Fsp3) is 1.00. The summed E-state index contributed by atoms with van der Waals surface area (Å²) in [6, 6.07) is 0.471. The molecule has 5 nitrogen and oxygen atoms in total. The molecule has 1 aliphatic rings. The van der Waals surface area contributed by atoms with Crippen molar-refractivity contribution in [2.45, 2.75) is 44.1 Å². The molecule has 102 valence electrons. The van der Waals surface area contributed by atoms with Crippen molar-refractivity contribution >= 4 is 0 Å². The van der Waals surface area contributed by atoms with Gasteiger partial charge in [0.1, 0.15) is 0 Å². The van der Waals surface area contributed by atoms with Crippen LogP contribution in [0, 0.1) is 0 Å². The van der Waals surface area contributed by atoms with E-state index in [1.54, 1.807) is 14.2 Å². The summed E-state index contributed by atoms with van der Waals surface area (Å²) in [5, 5.41) is 12.4. The molecular formula is C12H25NO4. The smallest absolute Gasteiger partial charge is 0.0986 e. The number of nitrogens with one attached hydrogen (secondary N) is 1. The maximum atomic E-state index is 8.97. The molecule has 2 N–H and O–H groups in total. The predicted molar refractivity (Wildman–Crippen MR) is 65.1 cm³/mol. The standard InChI is InChI=1S/C12H25NO4/c1-4-17-11-7-10(12(11)16-3)13-9(5-6-14)8-15-2/h9-14H,4-8H2,1-3H3. The van der Waals surface area contributed by atoms with Gasteiger partial charge in [-0.05, 0) is 19.8 Å². The Labute approximate surface area is 103 Å². The molecule has 17 heavy (non-hydrogen) atoms. The molecule has 0 radical (unpaired) electrons. The SMILES string of the molecule is CCOC1CC(NC(CCO)COC)C1OC. The Morgan fingerprint density at radius 1 is 1.41 bits per heavy atom. The van der Waals surface area contributed by atoms with Gasteiger partial charge in [-0.15, -0.1) is 0 Å². The second-order valence-corrected chi connectivity index (χ2v) is 4.37. The Balaban J connectivity index is 2.35. The van der Waals surface area contributed by atoms with Gasteiger partial charge >= 0.3 is 0 Å². The average molecular weight is 247 g/mol. The minimum absolute atomic E-state index is 0.105. The summed E-state index contributed by atoms with van der Waals surface area (Å²) in [7, 11) is 3.38. The molecule has 1 rings (SSSR count). The highest BCUT2D eigenvalue weighted by Gasteiger charge is 2.42. The van der Waals surface area contributed by atoms with Crippen molar-refractivity contribution in [3.63, 3.8) is 0 Å². The summed E-state index contributed by atoms with van der Waals surface area (Å²) in [5.41, 5.74) is 0. The van der Waals surface area contributed by atoms with Crippen molar-refractivity contribution in [3.05, 3.63) is 0 Å². The van der Waals surface area contributed by atoms with Crippen molar-refractivity contribution < 1.29 is 19.3 Å². The summed E-state index contributed by atoms with van der Waals surface area (Å²) in [4.78, 5) is 0. The summed E-state index contributed by atoms with van der Waals surface area (Å²) in [5.74, 6) is 0. The third-order valence-corrected chi connectivity index (χ3v) is 3.20. The minimum Gasteiger partial charge on any atom is -0.396 e. The fourth-order valence-electron chi connectivity index (χ4n) is 2.31. The number of methoxy groups -OCH3 is 2. The molecule has 1 saturated carbocycles. The largest absolute Gasteiger partial charge is 0.396 e. The molecular weight excluding hydrogens is 222 g/mol. The second-order valence-electron chi connectivity index (χ2n) is 4.37. The van der Waals surface area contributed by atoms with Crippen LogP contribution in [-0.2, 0) is 14.2 Å². The van der Waals surface area contributed by atoms with Gasteiger partial charge in [0.05, 0.1) is 18.8 Å². The number of hydrogen-bond donors (Lipinski definition) is 2. The monoisotopic (exact) mass is 247 g/mol. The van der Waals surface area contributed by atoms with Crippen molar-refractivity contribution in [2.24, 2.45) is 0 Å². The van der Waals surface area contributed by atoms with Gasteiger partial charge in [0.15, 0.2) is 0 Å². The fourth-order valence-corrected chi connectivity index (χ4v) is 2.31. The maximum absolute atomic E-state index is 8.97. The summed E-state index contributed by atoms with van der Waals surface area (Å²) in [6.07, 6.45) is 1.95. The van der Waals surface area contributed by atoms with Crippen molar-refractivity contribution in [3.8, 4) is 0 Å². The highest BCUT2D eigenvalue weighted by Crippen LogP contribution is 2.27. The van der Waals surface area contributed by atoms with Crippen molar-refractivity contribution in [1.29, 1.82) is 0 Å². The Hall–Kier alpha value is -0.200. The predicted octanol–water partition coefficient (Wildman–Crippen LogP) is 0.166. The highest BCUT2D eigenvalue weighted by atomic mass is 16.5. The van der Waals surface area contributed by atoms with E-state index in [9.17, 15) is 0 Å². The van der Waals surface area contributed by atoms with Crippen LogP contribution in [-0.4, -0.2) is 63.4 Å². The van der Waals surface area contributed by atoms with Crippen LogP contribution in [0.2, 0.25) is 0 Å². The van der Waals surface area contributed by atoms with E-state index in [4.69, 9.17) is 19.3 Å². The molecule has 1 fully saturated rings. The Bertz CT molecular complexity index is 197. The third kappa shape index (κ3) is 4.19. The van der Waals surface area contributed by atoms with Crippen LogP contribution >= 0.6 is 0 Å². The molecule has 4 atom stereocenters. The Kier molecular flexibility index (Phi) is 6.99. The van der Waals surface area contributed by atoms with Crippen molar-refractivity contribution in [1.82, 2.24) is 5.32 Å². The lowest BCUT2D eigenvalue weighted by Gasteiger charge is -2.45. The summed E-state index contributed by atoms with van der Waals surface area (Å²) in [6.45, 7) is 3.48.